The number of hydrazine groups is 1. The molecule has 7 rings (SSSR count). The molecule has 3 aliphatic rings. The number of amides is 4. The molecule has 0 spiro atoms. The number of alkyl halides is 5. The van der Waals surface area contributed by atoms with Crippen LogP contribution in [0.4, 0.5) is 22.0 Å². The number of carbonyl (C=O) groups excluding carboxylic acids is 5. The van der Waals surface area contributed by atoms with Crippen molar-refractivity contribution in [1.82, 2.24) is 35.1 Å². The highest BCUT2D eigenvalue weighted by atomic mass is 19.4. The minimum atomic E-state index is -4.67. The molecule has 388 valence electrons. The third kappa shape index (κ3) is 11.6. The van der Waals surface area contributed by atoms with Crippen molar-refractivity contribution >= 4 is 40.8 Å². The van der Waals surface area contributed by atoms with Crippen molar-refractivity contribution in [3.05, 3.63) is 89.8 Å². The second kappa shape index (κ2) is 21.6. The van der Waals surface area contributed by atoms with Gasteiger partial charge >= 0.3 is 6.18 Å². The Balaban J connectivity index is 1.38. The molecule has 2 N–H and O–H groups in total. The molecular weight excluding hydrogens is 942 g/mol. The number of hydrogen-bond donors (Lipinski definition) is 2. The number of halogens is 5. The summed E-state index contributed by atoms with van der Waals surface area (Å²) in [6, 6.07) is 9.74. The number of aldehydes is 1. The van der Waals surface area contributed by atoms with Crippen LogP contribution < -0.4 is 10.7 Å². The van der Waals surface area contributed by atoms with Crippen LogP contribution in [0.3, 0.4) is 0 Å². The van der Waals surface area contributed by atoms with Gasteiger partial charge in [0, 0.05) is 68.4 Å². The molecule has 3 aliphatic heterocycles. The van der Waals surface area contributed by atoms with Crippen LogP contribution in [0.15, 0.2) is 67.4 Å². The lowest BCUT2D eigenvalue weighted by Crippen LogP contribution is -2.66. The zero-order chi connectivity index (χ0) is 52.4. The number of methoxy groups -OCH3 is 1. The predicted molar refractivity (Wildman–Crippen MR) is 260 cm³/mol. The third-order valence-corrected chi connectivity index (χ3v) is 14.0. The lowest BCUT2D eigenvalue weighted by atomic mass is 9.84. The maximum atomic E-state index is 15.0. The van der Waals surface area contributed by atoms with E-state index in [9.17, 15) is 37.1 Å². The van der Waals surface area contributed by atoms with Gasteiger partial charge in [-0.25, -0.2) is 14.2 Å². The zero-order valence-electron chi connectivity index (χ0n) is 41.8. The van der Waals surface area contributed by atoms with E-state index in [-0.39, 0.29) is 79.7 Å². The van der Waals surface area contributed by atoms with Crippen molar-refractivity contribution in [2.45, 2.75) is 110 Å². The molecule has 2 aromatic heterocycles. The van der Waals surface area contributed by atoms with Crippen LogP contribution in [0.5, 0.6) is 0 Å². The molecule has 19 heteroatoms. The Hall–Kier alpha value is -6.05. The largest absolute Gasteiger partial charge is 0.406 e. The number of carbonyl (C=O) groups is 5. The summed E-state index contributed by atoms with van der Waals surface area (Å²) in [6.45, 7) is 11.6. The summed E-state index contributed by atoms with van der Waals surface area (Å²) in [7, 11) is 2.96. The van der Waals surface area contributed by atoms with E-state index in [1.807, 2.05) is 13.8 Å². The van der Waals surface area contributed by atoms with E-state index in [4.69, 9.17) is 9.47 Å². The molecule has 4 amide bonds. The number of ether oxygens (including phenoxy) is 2. The number of nitrogens with zero attached hydrogens (tertiary/aromatic N) is 5. The van der Waals surface area contributed by atoms with Crippen molar-refractivity contribution in [1.29, 1.82) is 0 Å². The number of rotatable bonds is 12. The van der Waals surface area contributed by atoms with Crippen LogP contribution in [-0.2, 0) is 52.8 Å². The standard InChI is InChI=1S/C53H64F5N7O7/c1-9-43(67)63-19-15-35(26-63)49(69)62(7)45(31(2)3)48(68)60-41-22-33-20-36(23-37(21-33)47(54)55)34-13-14-42-39(24-34)40(25-51(5,6)29-72-30-52(28-66)16-11-18-65(61-52)50(41)70)46(64(42)27-53(56,57)58)38-12-10-17-59-44(38)32(4)71-8/h9-10,12-14,17,20-21,23-24,28,31-32,35,41,45,47,61H,1,11,15-16,18-19,22,25-27,29-30H2,2-8H3,(H,60,68)/t32-,35-,41-,45-,52-/m0/s1. The van der Waals surface area contributed by atoms with Crippen molar-refractivity contribution in [3.8, 4) is 22.4 Å². The van der Waals surface area contributed by atoms with Crippen molar-refractivity contribution in [2.24, 2.45) is 17.3 Å². The molecule has 6 bridgehead atoms. The average Bonchev–Trinajstić information content (AvgIpc) is 3.94. The number of likely N-dealkylation sites (tertiary alicyclic amines) is 1. The molecule has 72 heavy (non-hydrogen) atoms. The first kappa shape index (κ1) is 53.7. The molecule has 5 heterocycles. The molecule has 2 saturated heterocycles. The van der Waals surface area contributed by atoms with Gasteiger partial charge in [-0.2, -0.15) is 13.2 Å². The van der Waals surface area contributed by atoms with E-state index in [0.717, 1.165) is 0 Å². The lowest BCUT2D eigenvalue weighted by Gasteiger charge is -2.42. The Morgan fingerprint density at radius 2 is 1.82 bits per heavy atom. The van der Waals surface area contributed by atoms with Crippen LogP contribution in [-0.4, -0.2) is 125 Å². The van der Waals surface area contributed by atoms with Gasteiger partial charge in [0.1, 0.15) is 30.5 Å². The summed E-state index contributed by atoms with van der Waals surface area (Å²) in [6.07, 6.45) is -4.10. The summed E-state index contributed by atoms with van der Waals surface area (Å²) >= 11 is 0. The van der Waals surface area contributed by atoms with Crippen LogP contribution in [0.1, 0.15) is 88.8 Å². The number of hydrogen-bond acceptors (Lipinski definition) is 9. The van der Waals surface area contributed by atoms with Crippen LogP contribution in [0.2, 0.25) is 0 Å². The molecule has 0 saturated carbocycles. The van der Waals surface area contributed by atoms with Crippen molar-refractivity contribution in [3.63, 3.8) is 0 Å². The van der Waals surface area contributed by atoms with Crippen molar-refractivity contribution < 1.29 is 55.4 Å². The van der Waals surface area contributed by atoms with E-state index in [1.165, 1.54) is 51.7 Å². The van der Waals surface area contributed by atoms with Crippen LogP contribution in [0, 0.1) is 17.3 Å². The number of pyridine rings is 1. The molecule has 2 fully saturated rings. The van der Waals surface area contributed by atoms with Gasteiger partial charge in [-0.1, -0.05) is 52.5 Å². The fourth-order valence-corrected chi connectivity index (χ4v) is 10.5. The van der Waals surface area contributed by atoms with Gasteiger partial charge in [-0.05, 0) is 103 Å². The molecule has 5 atom stereocenters. The third-order valence-electron chi connectivity index (χ3n) is 14.0. The number of aromatic nitrogens is 2. The Morgan fingerprint density at radius 3 is 2.49 bits per heavy atom. The van der Waals surface area contributed by atoms with Crippen molar-refractivity contribution in [2.75, 3.05) is 47.0 Å². The Morgan fingerprint density at radius 1 is 1.07 bits per heavy atom. The van der Waals surface area contributed by atoms with Gasteiger partial charge < -0.3 is 34.0 Å². The second-order valence-corrected chi connectivity index (χ2v) is 20.5. The molecule has 0 radical (unpaired) electrons. The van der Waals surface area contributed by atoms with E-state index >= 15 is 8.78 Å². The molecule has 14 nitrogen and oxygen atoms in total. The minimum Gasteiger partial charge on any atom is -0.378 e. The first-order chi connectivity index (χ1) is 34.0. The monoisotopic (exact) mass is 1010 g/mol. The van der Waals surface area contributed by atoms with E-state index in [0.29, 0.717) is 53.4 Å². The highest BCUT2D eigenvalue weighted by Gasteiger charge is 2.43. The minimum absolute atomic E-state index is 0.0163. The Bertz CT molecular complexity index is 2710. The normalized spacial score (nSPS) is 21.6. The van der Waals surface area contributed by atoms with Gasteiger partial charge in [0.2, 0.25) is 17.7 Å². The van der Waals surface area contributed by atoms with E-state index < -0.39 is 77.5 Å². The number of likely N-dealkylation sites (N-methyl/N-ethyl adjacent to an activating group) is 1. The quantitative estimate of drug-likeness (QED) is 0.0823. The Labute approximate surface area is 416 Å². The number of nitrogens with one attached hydrogen (secondary N) is 2. The van der Waals surface area contributed by atoms with Gasteiger partial charge in [0.15, 0.2) is 0 Å². The van der Waals surface area contributed by atoms with Gasteiger partial charge in [-0.15, -0.1) is 0 Å². The summed E-state index contributed by atoms with van der Waals surface area (Å²) in [5, 5.41) is 4.52. The molecule has 0 aliphatic carbocycles. The van der Waals surface area contributed by atoms with E-state index in [2.05, 4.69) is 22.3 Å². The summed E-state index contributed by atoms with van der Waals surface area (Å²) < 4.78 is 87.6. The zero-order valence-corrected chi connectivity index (χ0v) is 41.8. The average molecular weight is 1010 g/mol. The summed E-state index contributed by atoms with van der Waals surface area (Å²) in [4.78, 5) is 76.3. The second-order valence-electron chi connectivity index (χ2n) is 20.5. The van der Waals surface area contributed by atoms with E-state index in [1.54, 1.807) is 63.4 Å². The van der Waals surface area contributed by atoms with Gasteiger partial charge in [0.05, 0.1) is 36.6 Å². The fraction of sp³-hybridized carbons (Fsp3) is 0.509. The maximum absolute atomic E-state index is 15.0. The first-order valence-electron chi connectivity index (χ1n) is 24.2. The molecular formula is C53H64F5N7O7. The van der Waals surface area contributed by atoms with Gasteiger partial charge in [0.25, 0.3) is 12.3 Å². The van der Waals surface area contributed by atoms with Crippen LogP contribution in [0.25, 0.3) is 33.3 Å². The molecule has 4 aromatic rings. The predicted octanol–water partition coefficient (Wildman–Crippen LogP) is 7.79. The number of fused-ring (bicyclic) bond motifs is 6. The summed E-state index contributed by atoms with van der Waals surface area (Å²) in [5.41, 5.74) is 3.15. The highest BCUT2D eigenvalue weighted by Crippen LogP contribution is 2.43. The Kier molecular flexibility index (Phi) is 16.1. The SMILES string of the molecule is C=CC(=O)N1CC[C@H](C(=O)N(C)[C@H](C(=O)N[C@H]2Cc3cc(cc(C(F)F)c3)-c3ccc4c(c3)c(c(-c3cccnc3[C@H](C)OC)n4CC(F)(F)F)CC(C)(C)COC[C@@]3(C=O)CCCN(N3)C2=O)C(C)C)C1. The smallest absolute Gasteiger partial charge is 0.378 e. The molecule has 0 unspecified atom stereocenters. The topological polar surface area (TPSA) is 155 Å². The highest BCUT2D eigenvalue weighted by molar-refractivity contribution is 5.96. The lowest BCUT2D eigenvalue weighted by molar-refractivity contribution is -0.149. The van der Waals surface area contributed by atoms with Gasteiger partial charge in [-0.3, -0.25) is 29.2 Å². The number of benzene rings is 2. The van der Waals surface area contributed by atoms with Crippen LogP contribution >= 0.6 is 0 Å². The molecule has 2 aromatic carbocycles. The maximum Gasteiger partial charge on any atom is 0.406 e. The fourth-order valence-electron chi connectivity index (χ4n) is 10.5. The first-order valence-corrected chi connectivity index (χ1v) is 24.2. The summed E-state index contributed by atoms with van der Waals surface area (Å²) in [5.74, 6) is -3.14.